The third kappa shape index (κ3) is 3.51. The van der Waals surface area contributed by atoms with Crippen molar-refractivity contribution < 1.29 is 9.53 Å². The molecule has 1 fully saturated rings. The fraction of sp³-hybridized carbons (Fsp3) is 0.769. The van der Waals surface area contributed by atoms with Crippen molar-refractivity contribution >= 4 is 29.3 Å². The molecular weight excluding hydrogens is 294 g/mol. The minimum Gasteiger partial charge on any atom is -0.468 e. The normalized spacial score (nSPS) is 17.8. The van der Waals surface area contributed by atoms with Crippen molar-refractivity contribution in [2.75, 3.05) is 19.4 Å². The van der Waals surface area contributed by atoms with Crippen LogP contribution in [0.15, 0.2) is 4.34 Å². The molecule has 20 heavy (non-hydrogen) atoms. The summed E-state index contributed by atoms with van der Waals surface area (Å²) in [7, 11) is 1.47. The van der Waals surface area contributed by atoms with E-state index in [1.165, 1.54) is 18.6 Å². The average Bonchev–Trinajstić information content (AvgIpc) is 3.22. The number of hydrogen-bond donors (Lipinski definition) is 1. The fourth-order valence-corrected chi connectivity index (χ4v) is 4.16. The zero-order chi connectivity index (χ0) is 14.6. The SMILES string of the molecule is CCCNC(CSc1nc(C)ns1)(C(=O)OC)C1CC1. The summed E-state index contributed by atoms with van der Waals surface area (Å²) < 4.78 is 10.2. The Morgan fingerprint density at radius 1 is 1.60 bits per heavy atom. The molecule has 0 radical (unpaired) electrons. The molecule has 1 aliphatic carbocycles. The van der Waals surface area contributed by atoms with Gasteiger partial charge in [0.1, 0.15) is 11.4 Å². The van der Waals surface area contributed by atoms with E-state index in [4.69, 9.17) is 4.74 Å². The van der Waals surface area contributed by atoms with Gasteiger partial charge in [-0.05, 0) is 50.2 Å². The van der Waals surface area contributed by atoms with Crippen molar-refractivity contribution in [1.29, 1.82) is 0 Å². The van der Waals surface area contributed by atoms with E-state index in [0.29, 0.717) is 11.7 Å². The number of ether oxygens (including phenoxy) is 1. The Bertz CT molecular complexity index is 462. The molecule has 1 aliphatic rings. The van der Waals surface area contributed by atoms with E-state index in [1.54, 1.807) is 11.8 Å². The van der Waals surface area contributed by atoms with Gasteiger partial charge in [-0.1, -0.05) is 18.7 Å². The largest absolute Gasteiger partial charge is 0.468 e. The van der Waals surface area contributed by atoms with Gasteiger partial charge in [-0.2, -0.15) is 4.37 Å². The van der Waals surface area contributed by atoms with Crippen LogP contribution in [0.3, 0.4) is 0 Å². The minimum absolute atomic E-state index is 0.151. The number of thioether (sulfide) groups is 1. The maximum Gasteiger partial charge on any atom is 0.327 e. The zero-order valence-electron chi connectivity index (χ0n) is 12.1. The van der Waals surface area contributed by atoms with Crippen LogP contribution in [-0.2, 0) is 9.53 Å². The van der Waals surface area contributed by atoms with Crippen LogP contribution >= 0.6 is 23.3 Å². The number of esters is 1. The van der Waals surface area contributed by atoms with E-state index >= 15 is 0 Å². The van der Waals surface area contributed by atoms with Crippen LogP contribution in [-0.4, -0.2) is 40.3 Å². The van der Waals surface area contributed by atoms with Gasteiger partial charge in [-0.3, -0.25) is 4.79 Å². The van der Waals surface area contributed by atoms with Crippen LogP contribution < -0.4 is 5.32 Å². The van der Waals surface area contributed by atoms with Crippen molar-refractivity contribution in [3.05, 3.63) is 5.82 Å². The maximum atomic E-state index is 12.3. The van der Waals surface area contributed by atoms with Crippen molar-refractivity contribution in [3.63, 3.8) is 0 Å². The van der Waals surface area contributed by atoms with Gasteiger partial charge in [0.25, 0.3) is 0 Å². The highest BCUT2D eigenvalue weighted by Gasteiger charge is 2.51. The van der Waals surface area contributed by atoms with Crippen molar-refractivity contribution in [2.24, 2.45) is 5.92 Å². The van der Waals surface area contributed by atoms with Crippen LogP contribution in [0.25, 0.3) is 0 Å². The van der Waals surface area contributed by atoms with Gasteiger partial charge in [0.2, 0.25) is 0 Å². The Labute approximate surface area is 128 Å². The number of aromatic nitrogens is 2. The topological polar surface area (TPSA) is 64.1 Å². The van der Waals surface area contributed by atoms with E-state index in [9.17, 15) is 4.79 Å². The summed E-state index contributed by atoms with van der Waals surface area (Å²) in [6, 6.07) is 0. The van der Waals surface area contributed by atoms with Crippen LogP contribution in [0, 0.1) is 12.8 Å². The molecule has 0 aliphatic heterocycles. The third-order valence-corrected chi connectivity index (χ3v) is 5.56. The van der Waals surface area contributed by atoms with Crippen LogP contribution in [0.1, 0.15) is 32.0 Å². The second-order valence-electron chi connectivity index (χ2n) is 5.06. The van der Waals surface area contributed by atoms with Gasteiger partial charge in [0.15, 0.2) is 4.34 Å². The van der Waals surface area contributed by atoms with Crippen molar-refractivity contribution in [1.82, 2.24) is 14.7 Å². The van der Waals surface area contributed by atoms with E-state index in [0.717, 1.165) is 36.0 Å². The number of nitrogens with one attached hydrogen (secondary N) is 1. The van der Waals surface area contributed by atoms with Crippen molar-refractivity contribution in [2.45, 2.75) is 43.0 Å². The highest BCUT2D eigenvalue weighted by Crippen LogP contribution is 2.43. The molecule has 1 N–H and O–H groups in total. The Morgan fingerprint density at radius 3 is 2.85 bits per heavy atom. The van der Waals surface area contributed by atoms with Crippen LogP contribution in [0.2, 0.25) is 0 Å². The molecule has 7 heteroatoms. The standard InChI is InChI=1S/C13H21N3O2S2/c1-4-7-14-13(10-5-6-10,11(17)18-3)8-19-12-15-9(2)16-20-12/h10,14H,4-8H2,1-3H3. The fourth-order valence-electron chi connectivity index (χ4n) is 2.23. The second-order valence-corrected chi connectivity index (χ2v) is 7.03. The summed E-state index contributed by atoms with van der Waals surface area (Å²) in [5, 5.41) is 3.43. The van der Waals surface area contributed by atoms with Crippen LogP contribution in [0.4, 0.5) is 0 Å². The van der Waals surface area contributed by atoms with E-state index in [-0.39, 0.29) is 5.97 Å². The second kappa shape index (κ2) is 6.87. The Balaban J connectivity index is 2.09. The molecule has 5 nitrogen and oxygen atoms in total. The third-order valence-electron chi connectivity index (χ3n) is 3.45. The lowest BCUT2D eigenvalue weighted by Crippen LogP contribution is -2.57. The Morgan fingerprint density at radius 2 is 2.35 bits per heavy atom. The molecule has 112 valence electrons. The number of rotatable bonds is 8. The molecule has 1 saturated carbocycles. The molecule has 1 heterocycles. The first-order valence-electron chi connectivity index (χ1n) is 6.89. The number of nitrogens with zero attached hydrogens (tertiary/aromatic N) is 2. The summed E-state index contributed by atoms with van der Waals surface area (Å²) in [6.45, 7) is 4.80. The molecule has 0 aromatic carbocycles. The number of carbonyl (C=O) groups excluding carboxylic acids is 1. The smallest absolute Gasteiger partial charge is 0.327 e. The van der Waals surface area contributed by atoms with Crippen LogP contribution in [0.5, 0.6) is 0 Å². The van der Waals surface area contributed by atoms with Gasteiger partial charge in [-0.25, -0.2) is 4.98 Å². The molecule has 1 atom stereocenters. The Hall–Kier alpha value is -0.660. The predicted molar refractivity (Wildman–Crippen MR) is 81.1 cm³/mol. The number of aryl methyl sites for hydroxylation is 1. The summed E-state index contributed by atoms with van der Waals surface area (Å²) in [4.78, 5) is 16.7. The molecule has 0 spiro atoms. The summed E-state index contributed by atoms with van der Waals surface area (Å²) in [5.41, 5.74) is -0.574. The van der Waals surface area contributed by atoms with Gasteiger partial charge < -0.3 is 10.1 Å². The highest BCUT2D eigenvalue weighted by atomic mass is 32.2. The molecular formula is C13H21N3O2S2. The molecule has 1 aromatic rings. The van der Waals surface area contributed by atoms with E-state index in [1.807, 2.05) is 6.92 Å². The van der Waals surface area contributed by atoms with Gasteiger partial charge in [0, 0.05) is 5.75 Å². The first kappa shape index (κ1) is 15.7. The minimum atomic E-state index is -0.574. The van der Waals surface area contributed by atoms with Gasteiger partial charge in [-0.15, -0.1) is 0 Å². The van der Waals surface area contributed by atoms with Gasteiger partial charge in [0.05, 0.1) is 7.11 Å². The first-order valence-corrected chi connectivity index (χ1v) is 8.65. The summed E-state index contributed by atoms with van der Waals surface area (Å²) in [6.07, 6.45) is 3.16. The van der Waals surface area contributed by atoms with E-state index in [2.05, 4.69) is 21.6 Å². The first-order chi connectivity index (χ1) is 9.62. The van der Waals surface area contributed by atoms with Crippen molar-refractivity contribution in [3.8, 4) is 0 Å². The van der Waals surface area contributed by atoms with Gasteiger partial charge >= 0.3 is 5.97 Å². The Kier molecular flexibility index (Phi) is 5.40. The molecule has 0 saturated heterocycles. The molecule has 1 aromatic heterocycles. The summed E-state index contributed by atoms with van der Waals surface area (Å²) in [5.74, 6) is 1.67. The van der Waals surface area contributed by atoms with E-state index < -0.39 is 5.54 Å². The number of methoxy groups -OCH3 is 1. The number of hydrogen-bond acceptors (Lipinski definition) is 7. The number of carbonyl (C=O) groups is 1. The zero-order valence-corrected chi connectivity index (χ0v) is 13.8. The lowest BCUT2D eigenvalue weighted by Gasteiger charge is -2.31. The molecule has 2 rings (SSSR count). The maximum absolute atomic E-state index is 12.3. The lowest BCUT2D eigenvalue weighted by atomic mass is 9.95. The average molecular weight is 315 g/mol. The molecule has 0 amide bonds. The predicted octanol–water partition coefficient (Wildman–Crippen LogP) is 2.26. The molecule has 1 unspecified atom stereocenters. The molecule has 0 bridgehead atoms. The quantitative estimate of drug-likeness (QED) is 0.586. The highest BCUT2D eigenvalue weighted by molar-refractivity contribution is 8.01. The monoisotopic (exact) mass is 315 g/mol. The lowest BCUT2D eigenvalue weighted by molar-refractivity contribution is -0.148. The summed E-state index contributed by atoms with van der Waals surface area (Å²) >= 11 is 2.98.